The number of anilines is 1. The minimum absolute atomic E-state index is 0.207. The molecule has 188 valence electrons. The molecule has 2 heterocycles. The lowest BCUT2D eigenvalue weighted by Crippen LogP contribution is -2.46. The standard InChI is InChI=1S/C30H31N5O2/c1-32(2)15-20-35-29(36)25-7-3-6-24-27(13-12-26(28(24)25)30(35)37)34-18-16-33(17-19-34)14-4-5-22-8-10-23(21-31)11-9-22/h3-13H,14-20H2,1-2H3/b5-4+. The Morgan fingerprint density at radius 3 is 2.30 bits per heavy atom. The molecule has 0 atom stereocenters. The first-order valence-electron chi connectivity index (χ1n) is 12.7. The van der Waals surface area contributed by atoms with E-state index in [4.69, 9.17) is 5.26 Å². The number of nitrogens with zero attached hydrogens (tertiary/aromatic N) is 5. The Kier molecular flexibility index (Phi) is 7.04. The number of carbonyl (C=O) groups excluding carboxylic acids is 2. The van der Waals surface area contributed by atoms with Crippen LogP contribution in [0.1, 0.15) is 31.8 Å². The number of imide groups is 1. The number of piperazine rings is 1. The van der Waals surface area contributed by atoms with Gasteiger partial charge in [-0.2, -0.15) is 5.26 Å². The molecule has 37 heavy (non-hydrogen) atoms. The van der Waals surface area contributed by atoms with Gasteiger partial charge in [-0.1, -0.05) is 36.4 Å². The smallest absolute Gasteiger partial charge is 0.261 e. The SMILES string of the molecule is CN(C)CCN1C(=O)c2cccc3c(N4CCN(C/C=C/c5ccc(C#N)cc5)CC4)ccc(c23)C1=O. The fraction of sp³-hybridized carbons (Fsp3) is 0.300. The summed E-state index contributed by atoms with van der Waals surface area (Å²) in [7, 11) is 3.87. The molecule has 3 aromatic carbocycles. The van der Waals surface area contributed by atoms with Crippen LogP contribution in [0.2, 0.25) is 0 Å². The van der Waals surface area contributed by atoms with Gasteiger partial charge < -0.3 is 9.80 Å². The molecule has 5 rings (SSSR count). The molecule has 3 aromatic rings. The Bertz CT molecular complexity index is 1370. The number of nitriles is 1. The zero-order valence-electron chi connectivity index (χ0n) is 21.4. The summed E-state index contributed by atoms with van der Waals surface area (Å²) >= 11 is 0. The fourth-order valence-corrected chi connectivity index (χ4v) is 5.09. The van der Waals surface area contributed by atoms with E-state index in [1.165, 1.54) is 4.90 Å². The van der Waals surface area contributed by atoms with Gasteiger partial charge in [0, 0.05) is 73.4 Å². The third kappa shape index (κ3) is 4.99. The average molecular weight is 494 g/mol. The Hall–Kier alpha value is -3.99. The van der Waals surface area contributed by atoms with Gasteiger partial charge in [-0.05, 0) is 50.0 Å². The Labute approximate surface area is 217 Å². The number of benzene rings is 3. The summed E-state index contributed by atoms with van der Waals surface area (Å²) in [4.78, 5) is 34.6. The van der Waals surface area contributed by atoms with Crippen molar-refractivity contribution < 1.29 is 9.59 Å². The highest BCUT2D eigenvalue weighted by Gasteiger charge is 2.33. The number of hydrogen-bond donors (Lipinski definition) is 0. The first kappa shape index (κ1) is 24.7. The van der Waals surface area contributed by atoms with Gasteiger partial charge in [0.1, 0.15) is 0 Å². The summed E-state index contributed by atoms with van der Waals surface area (Å²) in [6.07, 6.45) is 4.26. The normalized spacial score (nSPS) is 16.3. The summed E-state index contributed by atoms with van der Waals surface area (Å²) in [6.45, 7) is 5.48. The second-order valence-corrected chi connectivity index (χ2v) is 9.85. The van der Waals surface area contributed by atoms with E-state index >= 15 is 0 Å². The molecule has 0 aromatic heterocycles. The Balaban J connectivity index is 1.29. The molecule has 7 heteroatoms. The Morgan fingerprint density at radius 2 is 1.62 bits per heavy atom. The average Bonchev–Trinajstić information content (AvgIpc) is 2.92. The number of likely N-dealkylation sites (N-methyl/N-ethyl adjacent to an activating group) is 1. The van der Waals surface area contributed by atoms with E-state index < -0.39 is 0 Å². The maximum absolute atomic E-state index is 13.2. The number of rotatable bonds is 7. The van der Waals surface area contributed by atoms with Crippen LogP contribution in [0.4, 0.5) is 5.69 Å². The maximum atomic E-state index is 13.2. The molecular formula is C30H31N5O2. The molecule has 1 fully saturated rings. The zero-order valence-corrected chi connectivity index (χ0v) is 21.4. The molecule has 0 aliphatic carbocycles. The molecule has 0 unspecified atom stereocenters. The minimum atomic E-state index is -0.207. The second-order valence-electron chi connectivity index (χ2n) is 9.85. The van der Waals surface area contributed by atoms with Crippen molar-refractivity contribution in [3.63, 3.8) is 0 Å². The van der Waals surface area contributed by atoms with Crippen LogP contribution in [0.3, 0.4) is 0 Å². The highest BCUT2D eigenvalue weighted by Crippen LogP contribution is 2.36. The molecule has 0 spiro atoms. The van der Waals surface area contributed by atoms with Gasteiger partial charge in [-0.15, -0.1) is 0 Å². The number of carbonyl (C=O) groups is 2. The second kappa shape index (κ2) is 10.6. The van der Waals surface area contributed by atoms with Crippen molar-refractivity contribution in [2.24, 2.45) is 0 Å². The monoisotopic (exact) mass is 493 g/mol. The molecule has 0 bridgehead atoms. The third-order valence-electron chi connectivity index (χ3n) is 7.17. The minimum Gasteiger partial charge on any atom is -0.368 e. The molecule has 0 N–H and O–H groups in total. The summed E-state index contributed by atoms with van der Waals surface area (Å²) in [6, 6.07) is 19.5. The van der Waals surface area contributed by atoms with Crippen LogP contribution < -0.4 is 4.90 Å². The lowest BCUT2D eigenvalue weighted by atomic mass is 9.92. The van der Waals surface area contributed by atoms with Crippen molar-refractivity contribution in [2.75, 3.05) is 64.8 Å². The molecular weight excluding hydrogens is 462 g/mol. The van der Waals surface area contributed by atoms with E-state index in [0.717, 1.165) is 54.7 Å². The topological polar surface area (TPSA) is 70.9 Å². The van der Waals surface area contributed by atoms with E-state index in [-0.39, 0.29) is 11.8 Å². The largest absolute Gasteiger partial charge is 0.368 e. The molecule has 2 amide bonds. The highest BCUT2D eigenvalue weighted by atomic mass is 16.2. The van der Waals surface area contributed by atoms with Crippen molar-refractivity contribution in [3.05, 3.63) is 82.9 Å². The molecule has 1 saturated heterocycles. The number of hydrogen-bond acceptors (Lipinski definition) is 6. The van der Waals surface area contributed by atoms with Gasteiger partial charge in [0.2, 0.25) is 0 Å². The van der Waals surface area contributed by atoms with Crippen LogP contribution in [0.15, 0.2) is 60.7 Å². The van der Waals surface area contributed by atoms with Gasteiger partial charge in [-0.25, -0.2) is 0 Å². The fourth-order valence-electron chi connectivity index (χ4n) is 5.09. The van der Waals surface area contributed by atoms with Crippen molar-refractivity contribution in [1.29, 1.82) is 5.26 Å². The van der Waals surface area contributed by atoms with Crippen molar-refractivity contribution >= 4 is 34.4 Å². The van der Waals surface area contributed by atoms with Crippen molar-refractivity contribution in [2.45, 2.75) is 0 Å². The zero-order chi connectivity index (χ0) is 25.9. The lowest BCUT2D eigenvalue weighted by Gasteiger charge is -2.37. The van der Waals surface area contributed by atoms with Crippen LogP contribution in [0.5, 0.6) is 0 Å². The quantitative estimate of drug-likeness (QED) is 0.468. The van der Waals surface area contributed by atoms with Crippen LogP contribution in [0, 0.1) is 11.3 Å². The van der Waals surface area contributed by atoms with Crippen LogP contribution >= 0.6 is 0 Å². The van der Waals surface area contributed by atoms with Crippen LogP contribution in [0.25, 0.3) is 16.8 Å². The molecule has 2 aliphatic heterocycles. The van der Waals surface area contributed by atoms with E-state index in [2.05, 4.69) is 28.0 Å². The van der Waals surface area contributed by atoms with Gasteiger partial charge >= 0.3 is 0 Å². The summed E-state index contributed by atoms with van der Waals surface area (Å²) in [5, 5.41) is 10.7. The van der Waals surface area contributed by atoms with E-state index in [9.17, 15) is 9.59 Å². The highest BCUT2D eigenvalue weighted by molar-refractivity contribution is 6.26. The van der Waals surface area contributed by atoms with Gasteiger partial charge in [0.05, 0.1) is 11.6 Å². The van der Waals surface area contributed by atoms with Gasteiger partial charge in [0.25, 0.3) is 11.8 Å². The summed E-state index contributed by atoms with van der Waals surface area (Å²) < 4.78 is 0. The van der Waals surface area contributed by atoms with E-state index in [1.807, 2.05) is 73.6 Å². The number of amides is 2. The maximum Gasteiger partial charge on any atom is 0.261 e. The van der Waals surface area contributed by atoms with Crippen LogP contribution in [-0.2, 0) is 0 Å². The van der Waals surface area contributed by atoms with Crippen molar-refractivity contribution in [3.8, 4) is 6.07 Å². The van der Waals surface area contributed by atoms with Gasteiger partial charge in [-0.3, -0.25) is 19.4 Å². The molecule has 7 nitrogen and oxygen atoms in total. The lowest BCUT2D eigenvalue weighted by molar-refractivity contribution is 0.0601. The Morgan fingerprint density at radius 1 is 0.919 bits per heavy atom. The van der Waals surface area contributed by atoms with E-state index in [0.29, 0.717) is 29.8 Å². The van der Waals surface area contributed by atoms with E-state index in [1.54, 1.807) is 0 Å². The first-order valence-corrected chi connectivity index (χ1v) is 12.7. The molecule has 2 aliphatic rings. The summed E-state index contributed by atoms with van der Waals surface area (Å²) in [5.74, 6) is -0.415. The predicted molar refractivity (Wildman–Crippen MR) is 147 cm³/mol. The van der Waals surface area contributed by atoms with Crippen molar-refractivity contribution in [1.82, 2.24) is 14.7 Å². The predicted octanol–water partition coefficient (Wildman–Crippen LogP) is 3.70. The van der Waals surface area contributed by atoms with Gasteiger partial charge in [0.15, 0.2) is 0 Å². The molecule has 0 saturated carbocycles. The van der Waals surface area contributed by atoms with Crippen LogP contribution in [-0.4, -0.2) is 86.4 Å². The third-order valence-corrected chi connectivity index (χ3v) is 7.17. The molecule has 0 radical (unpaired) electrons. The first-order chi connectivity index (χ1) is 18.0. The summed E-state index contributed by atoms with van der Waals surface area (Å²) in [5.41, 5.74) is 4.06.